The number of nitrogens with one attached hydrogen (secondary N) is 1. The zero-order valence-corrected chi connectivity index (χ0v) is 18.4. The molecule has 1 saturated heterocycles. The van der Waals surface area contributed by atoms with E-state index >= 15 is 0 Å². The third kappa shape index (κ3) is 3.98. The van der Waals surface area contributed by atoms with Crippen LogP contribution in [0.2, 0.25) is 0 Å². The van der Waals surface area contributed by atoms with Gasteiger partial charge in [-0.05, 0) is 12.1 Å². The zero-order chi connectivity index (χ0) is 22.1. The van der Waals surface area contributed by atoms with Crippen molar-refractivity contribution in [2.24, 2.45) is 21.1 Å². The summed E-state index contributed by atoms with van der Waals surface area (Å²) in [6.45, 7) is 2.87. The number of carbonyl (C=O) groups is 1. The Balaban J connectivity index is 1.52. The first kappa shape index (κ1) is 21.2. The van der Waals surface area contributed by atoms with Crippen LogP contribution in [0.25, 0.3) is 11.2 Å². The Morgan fingerprint density at radius 1 is 1.10 bits per heavy atom. The molecule has 1 fully saturated rings. The van der Waals surface area contributed by atoms with Crippen LogP contribution in [0.3, 0.4) is 0 Å². The van der Waals surface area contributed by atoms with Crippen LogP contribution in [0.5, 0.6) is 0 Å². The molecule has 2 aromatic heterocycles. The molecule has 0 saturated carbocycles. The van der Waals surface area contributed by atoms with Gasteiger partial charge in [-0.2, -0.15) is 0 Å². The van der Waals surface area contributed by atoms with E-state index in [2.05, 4.69) is 15.2 Å². The number of fused-ring (bicyclic) bond motifs is 1. The molecule has 0 atom stereocenters. The van der Waals surface area contributed by atoms with Crippen molar-refractivity contribution in [3.8, 4) is 0 Å². The van der Waals surface area contributed by atoms with Crippen LogP contribution in [0.15, 0.2) is 39.0 Å². The fraction of sp³-hybridized carbons (Fsp3) is 0.400. The fourth-order valence-electron chi connectivity index (χ4n) is 3.60. The Kier molecular flexibility index (Phi) is 5.88. The monoisotopic (exact) mass is 444 g/mol. The maximum absolute atomic E-state index is 12.7. The van der Waals surface area contributed by atoms with Gasteiger partial charge >= 0.3 is 5.69 Å². The highest BCUT2D eigenvalue weighted by Gasteiger charge is 2.19. The predicted molar refractivity (Wildman–Crippen MR) is 120 cm³/mol. The fourth-order valence-corrected chi connectivity index (χ4v) is 4.37. The molecule has 0 aliphatic carbocycles. The number of para-hydroxylation sites is 2. The summed E-state index contributed by atoms with van der Waals surface area (Å²) < 4.78 is 9.41. The molecule has 1 aromatic carbocycles. The van der Waals surface area contributed by atoms with Gasteiger partial charge in [-0.3, -0.25) is 18.7 Å². The highest BCUT2D eigenvalue weighted by molar-refractivity contribution is 7.99. The predicted octanol–water partition coefficient (Wildman–Crippen LogP) is 0.538. The number of imidazole rings is 1. The zero-order valence-electron chi connectivity index (χ0n) is 17.6. The second kappa shape index (κ2) is 8.60. The lowest BCUT2D eigenvalue weighted by Crippen LogP contribution is -2.37. The van der Waals surface area contributed by atoms with Crippen molar-refractivity contribution in [1.29, 1.82) is 0 Å². The summed E-state index contributed by atoms with van der Waals surface area (Å²) in [4.78, 5) is 43.9. The lowest BCUT2D eigenvalue weighted by atomic mass is 10.2. The van der Waals surface area contributed by atoms with Crippen molar-refractivity contribution < 1.29 is 9.53 Å². The maximum atomic E-state index is 12.7. The van der Waals surface area contributed by atoms with Crippen molar-refractivity contribution in [2.75, 3.05) is 42.3 Å². The number of anilines is 2. The summed E-state index contributed by atoms with van der Waals surface area (Å²) in [6.07, 6.45) is 0. The lowest BCUT2D eigenvalue weighted by Gasteiger charge is -2.30. The van der Waals surface area contributed by atoms with Crippen LogP contribution in [0.1, 0.15) is 0 Å². The molecule has 1 aliphatic heterocycles. The van der Waals surface area contributed by atoms with Crippen molar-refractivity contribution >= 4 is 40.2 Å². The standard InChI is InChI=1S/C20H24N6O4S/c1-23-16-17(24(2)20(29)25(3)18(16)28)22-19(23)31-12-15(27)21-13-6-4-5-7-14(13)26-8-10-30-11-9-26/h4-7H,8-12H2,1-3H3,(H,21,27). The van der Waals surface area contributed by atoms with Gasteiger partial charge < -0.3 is 19.5 Å². The van der Waals surface area contributed by atoms with Crippen LogP contribution in [-0.2, 0) is 30.7 Å². The Morgan fingerprint density at radius 2 is 1.81 bits per heavy atom. The minimum atomic E-state index is -0.440. The van der Waals surface area contributed by atoms with Crippen LogP contribution in [-0.4, -0.2) is 56.6 Å². The summed E-state index contributed by atoms with van der Waals surface area (Å²) in [5.74, 6) is -0.0670. The number of carbonyl (C=O) groups excluding carboxylic acids is 1. The van der Waals surface area contributed by atoms with Gasteiger partial charge in [0, 0.05) is 34.2 Å². The molecular formula is C20H24N6O4S. The minimum absolute atomic E-state index is 0.114. The number of rotatable bonds is 5. The third-order valence-corrected chi connectivity index (χ3v) is 6.33. The van der Waals surface area contributed by atoms with E-state index in [9.17, 15) is 14.4 Å². The van der Waals surface area contributed by atoms with Gasteiger partial charge in [0.25, 0.3) is 5.56 Å². The van der Waals surface area contributed by atoms with Gasteiger partial charge in [0.1, 0.15) is 0 Å². The van der Waals surface area contributed by atoms with E-state index in [1.165, 1.54) is 23.4 Å². The largest absolute Gasteiger partial charge is 0.378 e. The molecule has 4 rings (SSSR count). The van der Waals surface area contributed by atoms with Gasteiger partial charge in [0.2, 0.25) is 5.91 Å². The molecule has 0 radical (unpaired) electrons. The lowest BCUT2D eigenvalue weighted by molar-refractivity contribution is -0.113. The molecule has 1 aliphatic rings. The summed E-state index contributed by atoms with van der Waals surface area (Å²) in [6, 6.07) is 7.69. The molecule has 3 heterocycles. The van der Waals surface area contributed by atoms with Crippen molar-refractivity contribution in [1.82, 2.24) is 18.7 Å². The molecule has 1 N–H and O–H groups in total. The number of morpholine rings is 1. The van der Waals surface area contributed by atoms with Crippen LogP contribution in [0, 0.1) is 0 Å². The second-order valence-corrected chi connectivity index (χ2v) is 8.23. The number of hydrogen-bond donors (Lipinski definition) is 1. The van der Waals surface area contributed by atoms with Crippen molar-refractivity contribution in [3.05, 3.63) is 45.1 Å². The van der Waals surface area contributed by atoms with E-state index in [4.69, 9.17) is 4.74 Å². The molecule has 0 bridgehead atoms. The molecule has 0 unspecified atom stereocenters. The van der Waals surface area contributed by atoms with E-state index in [1.807, 2.05) is 24.3 Å². The summed E-state index contributed by atoms with van der Waals surface area (Å²) in [7, 11) is 4.71. The molecule has 0 spiro atoms. The molecule has 1 amide bonds. The quantitative estimate of drug-likeness (QED) is 0.573. The maximum Gasteiger partial charge on any atom is 0.332 e. The highest BCUT2D eigenvalue weighted by atomic mass is 32.2. The van der Waals surface area contributed by atoms with Crippen LogP contribution >= 0.6 is 11.8 Å². The van der Waals surface area contributed by atoms with Gasteiger partial charge in [0.05, 0.1) is 30.3 Å². The number of aryl methyl sites for hydroxylation is 2. The Morgan fingerprint density at radius 3 is 2.55 bits per heavy atom. The summed E-state index contributed by atoms with van der Waals surface area (Å²) in [5.41, 5.74) is 1.48. The third-order valence-electron chi connectivity index (χ3n) is 5.30. The van der Waals surface area contributed by atoms with E-state index in [-0.39, 0.29) is 11.7 Å². The van der Waals surface area contributed by atoms with Gasteiger partial charge in [-0.25, -0.2) is 9.78 Å². The molecule has 11 heteroatoms. The number of amides is 1. The number of thioether (sulfide) groups is 1. The number of aromatic nitrogens is 4. The SMILES string of the molecule is Cn1c(=O)c2c(nc(SCC(=O)Nc3ccccc3N3CCOCC3)n2C)n(C)c1=O. The van der Waals surface area contributed by atoms with Crippen LogP contribution in [0.4, 0.5) is 11.4 Å². The Hall–Kier alpha value is -3.05. The molecule has 164 valence electrons. The molecule has 10 nitrogen and oxygen atoms in total. The van der Waals surface area contributed by atoms with Crippen molar-refractivity contribution in [3.63, 3.8) is 0 Å². The Bertz CT molecular complexity index is 1260. The van der Waals surface area contributed by atoms with E-state index < -0.39 is 11.2 Å². The van der Waals surface area contributed by atoms with Crippen LogP contribution < -0.4 is 21.5 Å². The number of hydrogen-bond acceptors (Lipinski definition) is 7. The molecular weight excluding hydrogens is 420 g/mol. The second-order valence-electron chi connectivity index (χ2n) is 7.28. The van der Waals surface area contributed by atoms with Crippen molar-refractivity contribution in [2.45, 2.75) is 5.16 Å². The number of ether oxygens (including phenoxy) is 1. The van der Waals surface area contributed by atoms with Gasteiger partial charge in [-0.15, -0.1) is 0 Å². The molecule has 3 aromatic rings. The van der Waals surface area contributed by atoms with Gasteiger partial charge in [0.15, 0.2) is 16.3 Å². The van der Waals surface area contributed by atoms with E-state index in [0.29, 0.717) is 29.5 Å². The first-order chi connectivity index (χ1) is 14.9. The highest BCUT2D eigenvalue weighted by Crippen LogP contribution is 2.27. The molecule has 31 heavy (non-hydrogen) atoms. The van der Waals surface area contributed by atoms with E-state index in [1.54, 1.807) is 18.7 Å². The number of benzene rings is 1. The Labute approximate surface area is 182 Å². The minimum Gasteiger partial charge on any atom is -0.378 e. The first-order valence-electron chi connectivity index (χ1n) is 9.85. The average Bonchev–Trinajstić information content (AvgIpc) is 3.12. The topological polar surface area (TPSA) is 103 Å². The number of nitrogens with zero attached hydrogens (tertiary/aromatic N) is 5. The summed E-state index contributed by atoms with van der Waals surface area (Å²) >= 11 is 1.21. The average molecular weight is 445 g/mol. The normalized spacial score (nSPS) is 14.2. The van der Waals surface area contributed by atoms with Gasteiger partial charge in [-0.1, -0.05) is 23.9 Å². The summed E-state index contributed by atoms with van der Waals surface area (Å²) in [5, 5.41) is 3.46. The van der Waals surface area contributed by atoms with E-state index in [0.717, 1.165) is 29.0 Å². The smallest absolute Gasteiger partial charge is 0.332 e. The first-order valence-corrected chi connectivity index (χ1v) is 10.8.